The summed E-state index contributed by atoms with van der Waals surface area (Å²) in [6.07, 6.45) is 3.19. The minimum Gasteiger partial charge on any atom is -0.326 e. The number of nitrogens with one attached hydrogen (secondary N) is 1. The lowest BCUT2D eigenvalue weighted by molar-refractivity contribution is -0.105. The van der Waals surface area contributed by atoms with Crippen molar-refractivity contribution in [2.45, 2.75) is 0 Å². The molecule has 0 fully saturated rings. The minimum absolute atomic E-state index is 0.561. The number of hydrogen-bond acceptors (Lipinski definition) is 3. The van der Waals surface area contributed by atoms with E-state index in [1.165, 1.54) is 11.3 Å². The SMILES string of the molecule is O=CNc1ccsc1-n1cccc1C=O. The second kappa shape index (κ2) is 4.10. The van der Waals surface area contributed by atoms with E-state index in [1.807, 2.05) is 5.38 Å². The number of amides is 1. The van der Waals surface area contributed by atoms with Crippen LogP contribution in [0.5, 0.6) is 0 Å². The molecule has 76 valence electrons. The van der Waals surface area contributed by atoms with Crippen molar-refractivity contribution in [2.75, 3.05) is 5.32 Å². The fourth-order valence-corrected chi connectivity index (χ4v) is 2.20. The van der Waals surface area contributed by atoms with Gasteiger partial charge in [0.2, 0.25) is 6.41 Å². The molecule has 0 saturated carbocycles. The van der Waals surface area contributed by atoms with Gasteiger partial charge < -0.3 is 9.88 Å². The van der Waals surface area contributed by atoms with Crippen LogP contribution in [0.25, 0.3) is 5.00 Å². The van der Waals surface area contributed by atoms with Crippen molar-refractivity contribution in [1.29, 1.82) is 0 Å². The first kappa shape index (κ1) is 9.67. The zero-order valence-electron chi connectivity index (χ0n) is 7.71. The molecule has 5 heteroatoms. The molecule has 0 aromatic carbocycles. The summed E-state index contributed by atoms with van der Waals surface area (Å²) in [6.45, 7) is 0. The summed E-state index contributed by atoms with van der Waals surface area (Å²) < 4.78 is 1.74. The van der Waals surface area contributed by atoms with E-state index < -0.39 is 0 Å². The number of rotatable bonds is 4. The van der Waals surface area contributed by atoms with Crippen molar-refractivity contribution in [1.82, 2.24) is 4.57 Å². The molecule has 0 saturated heterocycles. The second-order valence-corrected chi connectivity index (χ2v) is 3.72. The molecule has 2 aromatic heterocycles. The van der Waals surface area contributed by atoms with E-state index in [1.54, 1.807) is 29.0 Å². The molecular formula is C10H8N2O2S. The van der Waals surface area contributed by atoms with Crippen molar-refractivity contribution >= 4 is 29.7 Å². The van der Waals surface area contributed by atoms with Gasteiger partial charge in [-0.15, -0.1) is 11.3 Å². The Morgan fingerprint density at radius 3 is 2.93 bits per heavy atom. The van der Waals surface area contributed by atoms with Gasteiger partial charge in [-0.1, -0.05) is 0 Å². The summed E-state index contributed by atoms with van der Waals surface area (Å²) in [7, 11) is 0. The van der Waals surface area contributed by atoms with E-state index in [4.69, 9.17) is 0 Å². The quantitative estimate of drug-likeness (QED) is 0.800. The smallest absolute Gasteiger partial charge is 0.211 e. The molecule has 0 aliphatic rings. The zero-order chi connectivity index (χ0) is 10.7. The van der Waals surface area contributed by atoms with Gasteiger partial charge in [-0.3, -0.25) is 9.59 Å². The molecule has 0 aliphatic heterocycles. The van der Waals surface area contributed by atoms with Gasteiger partial charge in [-0.2, -0.15) is 0 Å². The highest BCUT2D eigenvalue weighted by Gasteiger charge is 2.08. The van der Waals surface area contributed by atoms with Gasteiger partial charge in [0.05, 0.1) is 11.4 Å². The molecule has 4 nitrogen and oxygen atoms in total. The molecule has 0 radical (unpaired) electrons. The number of anilines is 1. The fraction of sp³-hybridized carbons (Fsp3) is 0. The third-order valence-electron chi connectivity index (χ3n) is 1.98. The first-order valence-electron chi connectivity index (χ1n) is 4.27. The van der Waals surface area contributed by atoms with Gasteiger partial charge >= 0.3 is 0 Å². The summed E-state index contributed by atoms with van der Waals surface area (Å²) in [5.74, 6) is 0. The predicted octanol–water partition coefficient (Wildman–Crippen LogP) is 1.92. The van der Waals surface area contributed by atoms with Gasteiger partial charge in [0.25, 0.3) is 0 Å². The van der Waals surface area contributed by atoms with E-state index in [-0.39, 0.29) is 0 Å². The van der Waals surface area contributed by atoms with Crippen LogP contribution in [0.1, 0.15) is 10.5 Å². The summed E-state index contributed by atoms with van der Waals surface area (Å²) in [5.41, 5.74) is 1.26. The van der Waals surface area contributed by atoms with E-state index >= 15 is 0 Å². The number of carbonyl (C=O) groups excluding carboxylic acids is 2. The van der Waals surface area contributed by atoms with Crippen molar-refractivity contribution in [3.63, 3.8) is 0 Å². The van der Waals surface area contributed by atoms with Gasteiger partial charge in [-0.05, 0) is 23.6 Å². The third-order valence-corrected chi connectivity index (χ3v) is 2.89. The van der Waals surface area contributed by atoms with Crippen molar-refractivity contribution in [3.05, 3.63) is 35.5 Å². The van der Waals surface area contributed by atoms with Crippen molar-refractivity contribution in [3.8, 4) is 5.00 Å². The summed E-state index contributed by atoms with van der Waals surface area (Å²) in [6, 6.07) is 5.30. The molecule has 2 heterocycles. The molecule has 2 rings (SSSR count). The molecule has 1 N–H and O–H groups in total. The summed E-state index contributed by atoms with van der Waals surface area (Å²) >= 11 is 1.46. The number of carbonyl (C=O) groups is 2. The normalized spacial score (nSPS) is 9.87. The highest BCUT2D eigenvalue weighted by Crippen LogP contribution is 2.27. The third kappa shape index (κ3) is 1.69. The Kier molecular flexibility index (Phi) is 2.64. The largest absolute Gasteiger partial charge is 0.326 e. The monoisotopic (exact) mass is 220 g/mol. The maximum Gasteiger partial charge on any atom is 0.211 e. The predicted molar refractivity (Wildman–Crippen MR) is 58.7 cm³/mol. The zero-order valence-corrected chi connectivity index (χ0v) is 8.53. The maximum absolute atomic E-state index is 10.7. The highest BCUT2D eigenvalue weighted by atomic mass is 32.1. The first-order valence-corrected chi connectivity index (χ1v) is 5.15. The van der Waals surface area contributed by atoms with E-state index in [9.17, 15) is 9.59 Å². The van der Waals surface area contributed by atoms with E-state index in [0.717, 1.165) is 11.3 Å². The van der Waals surface area contributed by atoms with E-state index in [2.05, 4.69) is 5.32 Å². The minimum atomic E-state index is 0.561. The van der Waals surface area contributed by atoms with Crippen molar-refractivity contribution in [2.24, 2.45) is 0 Å². The Bertz CT molecular complexity index is 487. The maximum atomic E-state index is 10.7. The molecule has 2 aromatic rings. The topological polar surface area (TPSA) is 51.1 Å². The average molecular weight is 220 g/mol. The first-order chi connectivity index (χ1) is 7.36. The van der Waals surface area contributed by atoms with Gasteiger partial charge in [0.15, 0.2) is 6.29 Å². The van der Waals surface area contributed by atoms with Gasteiger partial charge in [0.1, 0.15) is 5.00 Å². The number of aldehydes is 1. The Morgan fingerprint density at radius 1 is 1.33 bits per heavy atom. The Labute approximate surface area is 90.2 Å². The van der Waals surface area contributed by atoms with Crippen LogP contribution in [0, 0.1) is 0 Å². The molecule has 0 aliphatic carbocycles. The van der Waals surface area contributed by atoms with Crippen LogP contribution in [0.4, 0.5) is 5.69 Å². The molecule has 1 amide bonds. The number of nitrogens with zero attached hydrogens (tertiary/aromatic N) is 1. The van der Waals surface area contributed by atoms with Crippen LogP contribution in [-0.2, 0) is 4.79 Å². The summed E-state index contributed by atoms with van der Waals surface area (Å²) in [4.78, 5) is 21.1. The van der Waals surface area contributed by atoms with Gasteiger partial charge in [-0.25, -0.2) is 0 Å². The molecule has 0 unspecified atom stereocenters. The molecule has 0 bridgehead atoms. The highest BCUT2D eigenvalue weighted by molar-refractivity contribution is 7.13. The number of hydrogen-bond donors (Lipinski definition) is 1. The van der Waals surface area contributed by atoms with E-state index in [0.29, 0.717) is 17.8 Å². The molecular weight excluding hydrogens is 212 g/mol. The average Bonchev–Trinajstić information content (AvgIpc) is 2.84. The van der Waals surface area contributed by atoms with Crippen LogP contribution < -0.4 is 5.32 Å². The standard InChI is InChI=1S/C10H8N2O2S/c13-6-8-2-1-4-12(8)10-9(11-7-14)3-5-15-10/h1-7H,(H,11,14). The Hall–Kier alpha value is -1.88. The van der Waals surface area contributed by atoms with Crippen LogP contribution >= 0.6 is 11.3 Å². The number of aromatic nitrogens is 1. The Morgan fingerprint density at radius 2 is 2.20 bits per heavy atom. The number of thiophene rings is 1. The van der Waals surface area contributed by atoms with Crippen LogP contribution in [0.15, 0.2) is 29.8 Å². The van der Waals surface area contributed by atoms with Crippen molar-refractivity contribution < 1.29 is 9.59 Å². The van der Waals surface area contributed by atoms with Crippen LogP contribution in [0.3, 0.4) is 0 Å². The second-order valence-electron chi connectivity index (χ2n) is 2.82. The lowest BCUT2D eigenvalue weighted by Gasteiger charge is -2.04. The lowest BCUT2D eigenvalue weighted by atomic mass is 10.4. The Balaban J connectivity index is 2.48. The molecule has 0 spiro atoms. The fourth-order valence-electron chi connectivity index (χ4n) is 1.34. The molecule has 15 heavy (non-hydrogen) atoms. The van der Waals surface area contributed by atoms with Crippen LogP contribution in [-0.4, -0.2) is 17.3 Å². The lowest BCUT2D eigenvalue weighted by Crippen LogP contribution is -2.00. The van der Waals surface area contributed by atoms with Crippen LogP contribution in [0.2, 0.25) is 0 Å². The van der Waals surface area contributed by atoms with Gasteiger partial charge in [0, 0.05) is 6.20 Å². The molecule has 0 atom stereocenters. The summed E-state index contributed by atoms with van der Waals surface area (Å²) in [5, 5.41) is 5.27.